The number of methoxy groups -OCH3 is 1. The Kier molecular flexibility index (Phi) is 5.55. The Morgan fingerprint density at radius 2 is 1.80 bits per heavy atom. The van der Waals surface area contributed by atoms with Gasteiger partial charge < -0.3 is 14.5 Å². The lowest BCUT2D eigenvalue weighted by molar-refractivity contribution is -0.115. The first-order chi connectivity index (χ1) is 14.5. The summed E-state index contributed by atoms with van der Waals surface area (Å²) in [7, 11) is 1.52. The van der Waals surface area contributed by atoms with Gasteiger partial charge in [-0.05, 0) is 47.5 Å². The zero-order chi connectivity index (χ0) is 21.1. The first-order valence-electron chi connectivity index (χ1n) is 9.29. The highest BCUT2D eigenvalue weighted by Crippen LogP contribution is 2.30. The molecule has 5 nitrogen and oxygen atoms in total. The van der Waals surface area contributed by atoms with Gasteiger partial charge in [0.05, 0.1) is 24.8 Å². The second kappa shape index (κ2) is 8.43. The summed E-state index contributed by atoms with van der Waals surface area (Å²) in [5.41, 5.74) is 2.42. The number of nitrogens with one attached hydrogen (secondary N) is 1. The van der Waals surface area contributed by atoms with Crippen LogP contribution in [0.5, 0.6) is 5.75 Å². The smallest absolute Gasteiger partial charge is 0.344 e. The van der Waals surface area contributed by atoms with E-state index in [4.69, 9.17) is 20.8 Å². The normalized spacial score (nSPS) is 10.7. The van der Waals surface area contributed by atoms with E-state index < -0.39 is 5.63 Å². The van der Waals surface area contributed by atoms with Crippen molar-refractivity contribution in [1.82, 2.24) is 0 Å². The standard InChI is InChI=1S/C24H18ClNO4/c1-29-22-11-8-16(19-13-17-4-2-3-5-21(17)30-24(19)28)14-20(22)26-23(27)12-15-6-9-18(25)10-7-15/h2-11,13-14H,12H2,1H3,(H,26,27). The molecule has 4 aromatic rings. The predicted octanol–water partition coefficient (Wildman–Crippen LogP) is 5.30. The predicted molar refractivity (Wildman–Crippen MR) is 118 cm³/mol. The van der Waals surface area contributed by atoms with Crippen molar-refractivity contribution in [2.24, 2.45) is 0 Å². The molecule has 0 aliphatic heterocycles. The molecule has 6 heteroatoms. The van der Waals surface area contributed by atoms with Gasteiger partial charge in [-0.3, -0.25) is 4.79 Å². The van der Waals surface area contributed by atoms with Gasteiger partial charge in [0.25, 0.3) is 0 Å². The molecule has 0 saturated heterocycles. The summed E-state index contributed by atoms with van der Waals surface area (Å²) in [5, 5.41) is 4.29. The zero-order valence-corrected chi connectivity index (χ0v) is 16.9. The van der Waals surface area contributed by atoms with Crippen LogP contribution >= 0.6 is 11.6 Å². The third-order valence-electron chi connectivity index (χ3n) is 4.70. The summed E-state index contributed by atoms with van der Waals surface area (Å²) in [6.45, 7) is 0. The van der Waals surface area contributed by atoms with Crippen LogP contribution in [0.1, 0.15) is 5.56 Å². The van der Waals surface area contributed by atoms with E-state index >= 15 is 0 Å². The topological polar surface area (TPSA) is 68.5 Å². The van der Waals surface area contributed by atoms with Crippen LogP contribution in [-0.2, 0) is 11.2 Å². The van der Waals surface area contributed by atoms with Crippen LogP contribution in [0.4, 0.5) is 5.69 Å². The number of hydrogen-bond acceptors (Lipinski definition) is 4. The van der Waals surface area contributed by atoms with Crippen molar-refractivity contribution in [1.29, 1.82) is 0 Å². The molecule has 1 aromatic heterocycles. The fourth-order valence-corrected chi connectivity index (χ4v) is 3.34. The van der Waals surface area contributed by atoms with E-state index in [0.717, 1.165) is 10.9 Å². The van der Waals surface area contributed by atoms with E-state index in [9.17, 15) is 9.59 Å². The maximum absolute atomic E-state index is 12.5. The van der Waals surface area contributed by atoms with Gasteiger partial charge in [0.15, 0.2) is 0 Å². The monoisotopic (exact) mass is 419 g/mol. The number of ether oxygens (including phenoxy) is 1. The maximum Gasteiger partial charge on any atom is 0.344 e. The molecular weight excluding hydrogens is 402 g/mol. The van der Waals surface area contributed by atoms with Gasteiger partial charge in [-0.2, -0.15) is 0 Å². The molecule has 0 saturated carbocycles. The Hall–Kier alpha value is -3.57. The molecule has 0 unspecified atom stereocenters. The number of rotatable bonds is 5. The number of fused-ring (bicyclic) bond motifs is 1. The molecular formula is C24H18ClNO4. The largest absolute Gasteiger partial charge is 0.495 e. The van der Waals surface area contributed by atoms with Gasteiger partial charge in [0.2, 0.25) is 5.91 Å². The minimum atomic E-state index is -0.447. The summed E-state index contributed by atoms with van der Waals surface area (Å²) >= 11 is 5.89. The van der Waals surface area contributed by atoms with Crippen molar-refractivity contribution in [3.8, 4) is 16.9 Å². The lowest BCUT2D eigenvalue weighted by atomic mass is 10.0. The Balaban J connectivity index is 1.65. The zero-order valence-electron chi connectivity index (χ0n) is 16.1. The van der Waals surface area contributed by atoms with E-state index in [1.54, 1.807) is 54.6 Å². The molecule has 1 amide bonds. The molecule has 0 spiro atoms. The minimum absolute atomic E-state index is 0.183. The van der Waals surface area contributed by atoms with Crippen molar-refractivity contribution in [3.05, 3.63) is 93.8 Å². The first-order valence-corrected chi connectivity index (χ1v) is 9.67. The van der Waals surface area contributed by atoms with Crippen LogP contribution in [0.2, 0.25) is 5.02 Å². The molecule has 150 valence electrons. The lowest BCUT2D eigenvalue weighted by Crippen LogP contribution is -2.15. The van der Waals surface area contributed by atoms with Gasteiger partial charge in [0.1, 0.15) is 11.3 Å². The molecule has 1 heterocycles. The minimum Gasteiger partial charge on any atom is -0.495 e. The van der Waals surface area contributed by atoms with Crippen LogP contribution < -0.4 is 15.7 Å². The summed E-state index contributed by atoms with van der Waals surface area (Å²) in [4.78, 5) is 25.0. The molecule has 0 atom stereocenters. The van der Waals surface area contributed by atoms with E-state index in [1.165, 1.54) is 7.11 Å². The Labute approximate surface area is 177 Å². The molecule has 0 aliphatic carbocycles. The summed E-state index contributed by atoms with van der Waals surface area (Å²) in [5.74, 6) is 0.284. The highest BCUT2D eigenvalue weighted by Gasteiger charge is 2.13. The van der Waals surface area contributed by atoms with Gasteiger partial charge in [0, 0.05) is 10.4 Å². The van der Waals surface area contributed by atoms with Crippen molar-refractivity contribution in [2.45, 2.75) is 6.42 Å². The molecule has 0 bridgehead atoms. The van der Waals surface area contributed by atoms with Gasteiger partial charge in [-0.15, -0.1) is 0 Å². The van der Waals surface area contributed by atoms with Crippen molar-refractivity contribution < 1.29 is 13.9 Å². The third kappa shape index (κ3) is 4.21. The molecule has 0 radical (unpaired) electrons. The average Bonchev–Trinajstić information content (AvgIpc) is 2.75. The highest BCUT2D eigenvalue weighted by atomic mass is 35.5. The van der Waals surface area contributed by atoms with E-state index in [0.29, 0.717) is 33.2 Å². The second-order valence-corrected chi connectivity index (χ2v) is 7.19. The quantitative estimate of drug-likeness (QED) is 0.445. The van der Waals surface area contributed by atoms with Crippen LogP contribution in [0, 0.1) is 0 Å². The molecule has 4 rings (SSSR count). The lowest BCUT2D eigenvalue weighted by Gasteiger charge is -2.12. The number of carbonyl (C=O) groups is 1. The fraction of sp³-hybridized carbons (Fsp3) is 0.0833. The van der Waals surface area contributed by atoms with Gasteiger partial charge in [-0.25, -0.2) is 4.79 Å². The number of para-hydroxylation sites is 1. The third-order valence-corrected chi connectivity index (χ3v) is 4.96. The van der Waals surface area contributed by atoms with Crippen molar-refractivity contribution in [3.63, 3.8) is 0 Å². The SMILES string of the molecule is COc1ccc(-c2cc3ccccc3oc2=O)cc1NC(=O)Cc1ccc(Cl)cc1. The van der Waals surface area contributed by atoms with E-state index in [-0.39, 0.29) is 12.3 Å². The van der Waals surface area contributed by atoms with Crippen LogP contribution in [0.15, 0.2) is 82.0 Å². The number of benzene rings is 3. The number of anilines is 1. The highest BCUT2D eigenvalue weighted by molar-refractivity contribution is 6.30. The van der Waals surface area contributed by atoms with Crippen LogP contribution in [0.3, 0.4) is 0 Å². The molecule has 30 heavy (non-hydrogen) atoms. The van der Waals surface area contributed by atoms with Crippen LogP contribution in [0.25, 0.3) is 22.1 Å². The van der Waals surface area contributed by atoms with Crippen LogP contribution in [-0.4, -0.2) is 13.0 Å². The molecule has 1 N–H and O–H groups in total. The maximum atomic E-state index is 12.5. The first kappa shape index (κ1) is 19.7. The van der Waals surface area contributed by atoms with Crippen molar-refractivity contribution in [2.75, 3.05) is 12.4 Å². The average molecular weight is 420 g/mol. The number of carbonyl (C=O) groups excluding carboxylic acids is 1. The summed E-state index contributed by atoms with van der Waals surface area (Å²) in [6.07, 6.45) is 0.183. The van der Waals surface area contributed by atoms with Gasteiger partial charge >= 0.3 is 5.63 Å². The Morgan fingerprint density at radius 1 is 1.03 bits per heavy atom. The van der Waals surface area contributed by atoms with E-state index in [2.05, 4.69) is 5.32 Å². The number of halogens is 1. The van der Waals surface area contributed by atoms with E-state index in [1.807, 2.05) is 18.2 Å². The molecule has 0 aliphatic rings. The van der Waals surface area contributed by atoms with Crippen molar-refractivity contribution >= 4 is 34.2 Å². The number of amides is 1. The molecule has 3 aromatic carbocycles. The fourth-order valence-electron chi connectivity index (χ4n) is 3.22. The summed E-state index contributed by atoms with van der Waals surface area (Å²) < 4.78 is 10.8. The Bertz CT molecular complexity index is 1280. The Morgan fingerprint density at radius 3 is 2.57 bits per heavy atom. The van der Waals surface area contributed by atoms with Gasteiger partial charge in [-0.1, -0.05) is 48.0 Å². The number of hydrogen-bond donors (Lipinski definition) is 1. The summed E-state index contributed by atoms with van der Waals surface area (Å²) in [6, 6.07) is 21.4. The second-order valence-electron chi connectivity index (χ2n) is 6.75. The molecule has 0 fully saturated rings.